The van der Waals surface area contributed by atoms with Crippen LogP contribution in [0.25, 0.3) is 0 Å². The Bertz CT molecular complexity index is 675. The van der Waals surface area contributed by atoms with Gasteiger partial charge in [-0.25, -0.2) is 8.42 Å². The Kier molecular flexibility index (Phi) is 8.31. The highest BCUT2D eigenvalue weighted by atomic mass is 32.2. The number of anilines is 1. The molecule has 1 aromatic rings. The van der Waals surface area contributed by atoms with Gasteiger partial charge in [-0.3, -0.25) is 0 Å². The number of sulfone groups is 1. The van der Waals surface area contributed by atoms with Crippen LogP contribution in [0.15, 0.2) is 24.3 Å². The molecule has 26 heavy (non-hydrogen) atoms. The maximum atomic E-state index is 11.9. The maximum absolute atomic E-state index is 11.9. The summed E-state index contributed by atoms with van der Waals surface area (Å²) in [6, 6.07) is 8.26. The normalized spacial score (nSPS) is 18.6. The van der Waals surface area contributed by atoms with Crippen molar-refractivity contribution in [2.75, 3.05) is 37.1 Å². The van der Waals surface area contributed by atoms with E-state index in [1.807, 2.05) is 17.0 Å². The lowest BCUT2D eigenvalue weighted by atomic mass is 10.1. The van der Waals surface area contributed by atoms with E-state index in [4.69, 9.17) is 17.0 Å². The van der Waals surface area contributed by atoms with Crippen LogP contribution in [-0.4, -0.2) is 56.2 Å². The molecule has 0 spiro atoms. The number of nitrogens with zero attached hydrogens (tertiary/aromatic N) is 1. The molecule has 0 unspecified atom stereocenters. The van der Waals surface area contributed by atoms with E-state index in [9.17, 15) is 8.42 Å². The number of rotatable bonds is 9. The molecule has 1 fully saturated rings. The molecule has 1 aliphatic rings. The van der Waals surface area contributed by atoms with E-state index in [1.54, 1.807) is 7.11 Å². The fourth-order valence-electron chi connectivity index (χ4n) is 3.18. The molecule has 7 heteroatoms. The number of nitrogens with one attached hydrogen (secondary N) is 1. The number of aryl methyl sites for hydroxylation is 1. The SMILES string of the molecule is CCCCc1ccc(NC(=S)N(CCCOC)[C@@H]2CCS(=O)(=O)C2)cc1. The van der Waals surface area contributed by atoms with Crippen LogP contribution in [0.2, 0.25) is 0 Å². The quantitative estimate of drug-likeness (QED) is 0.509. The van der Waals surface area contributed by atoms with Crippen LogP contribution in [0.5, 0.6) is 0 Å². The topological polar surface area (TPSA) is 58.6 Å². The van der Waals surface area contributed by atoms with Gasteiger partial charge in [-0.2, -0.15) is 0 Å². The Balaban J connectivity index is 2.00. The molecule has 5 nitrogen and oxygen atoms in total. The molecule has 0 bridgehead atoms. The first kappa shape index (κ1) is 21.1. The van der Waals surface area contributed by atoms with Crippen molar-refractivity contribution in [2.45, 2.75) is 45.1 Å². The summed E-state index contributed by atoms with van der Waals surface area (Å²) in [5, 5.41) is 3.87. The molecule has 2 rings (SSSR count). The monoisotopic (exact) mass is 398 g/mol. The number of methoxy groups -OCH3 is 1. The predicted octanol–water partition coefficient (Wildman–Crippen LogP) is 3.25. The zero-order valence-corrected chi connectivity index (χ0v) is 17.4. The summed E-state index contributed by atoms with van der Waals surface area (Å²) in [6.07, 6.45) is 4.90. The highest BCUT2D eigenvalue weighted by molar-refractivity contribution is 7.91. The van der Waals surface area contributed by atoms with Crippen molar-refractivity contribution in [3.63, 3.8) is 0 Å². The zero-order chi connectivity index (χ0) is 19.0. The summed E-state index contributed by atoms with van der Waals surface area (Å²) in [6.45, 7) is 3.51. The van der Waals surface area contributed by atoms with E-state index in [0.717, 1.165) is 18.5 Å². The van der Waals surface area contributed by atoms with E-state index >= 15 is 0 Å². The Morgan fingerprint density at radius 2 is 2.04 bits per heavy atom. The summed E-state index contributed by atoms with van der Waals surface area (Å²) < 4.78 is 28.9. The number of unbranched alkanes of at least 4 members (excludes halogenated alkanes) is 1. The molecule has 1 N–H and O–H groups in total. The van der Waals surface area contributed by atoms with E-state index in [0.29, 0.717) is 24.7 Å². The third kappa shape index (κ3) is 6.52. The van der Waals surface area contributed by atoms with Crippen molar-refractivity contribution < 1.29 is 13.2 Å². The van der Waals surface area contributed by atoms with Crippen LogP contribution in [-0.2, 0) is 21.0 Å². The lowest BCUT2D eigenvalue weighted by Crippen LogP contribution is -2.44. The van der Waals surface area contributed by atoms with Gasteiger partial charge in [-0.1, -0.05) is 25.5 Å². The van der Waals surface area contributed by atoms with Crippen LogP contribution in [0, 0.1) is 0 Å². The average Bonchev–Trinajstić information content (AvgIpc) is 2.97. The number of ether oxygens (including phenoxy) is 1. The molecule has 1 heterocycles. The summed E-state index contributed by atoms with van der Waals surface area (Å²) in [5.41, 5.74) is 2.26. The first-order valence-corrected chi connectivity index (χ1v) is 11.5. The van der Waals surface area contributed by atoms with E-state index in [-0.39, 0.29) is 17.5 Å². The number of benzene rings is 1. The molecule has 146 valence electrons. The van der Waals surface area contributed by atoms with Crippen molar-refractivity contribution in [2.24, 2.45) is 0 Å². The minimum atomic E-state index is -2.95. The second-order valence-electron chi connectivity index (χ2n) is 6.83. The highest BCUT2D eigenvalue weighted by Gasteiger charge is 2.33. The van der Waals surface area contributed by atoms with Gasteiger partial charge in [0.1, 0.15) is 0 Å². The molecule has 1 saturated heterocycles. The van der Waals surface area contributed by atoms with E-state index in [2.05, 4.69) is 24.4 Å². The van der Waals surface area contributed by atoms with Crippen molar-refractivity contribution in [3.05, 3.63) is 29.8 Å². The molecule has 0 amide bonds. The minimum absolute atomic E-state index is 0.0549. The van der Waals surface area contributed by atoms with Gasteiger partial charge in [0.05, 0.1) is 11.5 Å². The molecule has 1 atom stereocenters. The minimum Gasteiger partial charge on any atom is -0.385 e. The van der Waals surface area contributed by atoms with Crippen LogP contribution in [0.1, 0.15) is 38.2 Å². The summed E-state index contributed by atoms with van der Waals surface area (Å²) in [4.78, 5) is 2.02. The third-order valence-corrected chi connectivity index (χ3v) is 6.77. The molecule has 0 aromatic heterocycles. The van der Waals surface area contributed by atoms with Gasteiger partial charge in [-0.05, 0) is 55.6 Å². The Hall–Kier alpha value is -1.18. The summed E-state index contributed by atoms with van der Waals surface area (Å²) in [7, 11) is -1.28. The van der Waals surface area contributed by atoms with Crippen molar-refractivity contribution in [1.82, 2.24) is 4.90 Å². The Morgan fingerprint density at radius 3 is 2.62 bits per heavy atom. The van der Waals surface area contributed by atoms with Crippen LogP contribution < -0.4 is 5.32 Å². The lowest BCUT2D eigenvalue weighted by Gasteiger charge is -2.31. The van der Waals surface area contributed by atoms with E-state index in [1.165, 1.54) is 18.4 Å². The number of hydrogen-bond donors (Lipinski definition) is 1. The van der Waals surface area contributed by atoms with Gasteiger partial charge in [0.25, 0.3) is 0 Å². The van der Waals surface area contributed by atoms with Crippen LogP contribution >= 0.6 is 12.2 Å². The van der Waals surface area contributed by atoms with Gasteiger partial charge < -0.3 is 15.0 Å². The van der Waals surface area contributed by atoms with Crippen molar-refractivity contribution in [3.8, 4) is 0 Å². The van der Waals surface area contributed by atoms with Crippen molar-refractivity contribution >= 4 is 32.9 Å². The van der Waals surface area contributed by atoms with E-state index < -0.39 is 9.84 Å². The molecular weight excluding hydrogens is 368 g/mol. The molecule has 1 aromatic carbocycles. The van der Waals surface area contributed by atoms with Gasteiger partial charge in [0, 0.05) is 32.0 Å². The average molecular weight is 399 g/mol. The fourth-order valence-corrected chi connectivity index (χ4v) is 5.27. The highest BCUT2D eigenvalue weighted by Crippen LogP contribution is 2.20. The Labute approximate surface area is 163 Å². The first-order valence-electron chi connectivity index (χ1n) is 9.31. The summed E-state index contributed by atoms with van der Waals surface area (Å²) in [5.74, 6) is 0.422. The lowest BCUT2D eigenvalue weighted by molar-refractivity contribution is 0.181. The maximum Gasteiger partial charge on any atom is 0.173 e. The molecule has 0 saturated carbocycles. The van der Waals surface area contributed by atoms with Crippen LogP contribution in [0.4, 0.5) is 5.69 Å². The smallest absolute Gasteiger partial charge is 0.173 e. The summed E-state index contributed by atoms with van der Waals surface area (Å²) >= 11 is 5.60. The van der Waals surface area contributed by atoms with Gasteiger partial charge in [0.2, 0.25) is 0 Å². The van der Waals surface area contributed by atoms with Gasteiger partial charge in [-0.15, -0.1) is 0 Å². The largest absolute Gasteiger partial charge is 0.385 e. The molecular formula is C19H30N2O3S2. The zero-order valence-electron chi connectivity index (χ0n) is 15.7. The van der Waals surface area contributed by atoms with Gasteiger partial charge >= 0.3 is 0 Å². The molecule has 0 aliphatic carbocycles. The first-order chi connectivity index (χ1) is 12.4. The van der Waals surface area contributed by atoms with Gasteiger partial charge in [0.15, 0.2) is 14.9 Å². The predicted molar refractivity (Wildman–Crippen MR) is 112 cm³/mol. The third-order valence-electron chi connectivity index (χ3n) is 4.68. The Morgan fingerprint density at radius 1 is 1.31 bits per heavy atom. The number of hydrogen-bond acceptors (Lipinski definition) is 4. The molecule has 1 aliphatic heterocycles. The van der Waals surface area contributed by atoms with Crippen LogP contribution in [0.3, 0.4) is 0 Å². The second-order valence-corrected chi connectivity index (χ2v) is 9.44. The molecule has 0 radical (unpaired) electrons. The fraction of sp³-hybridized carbons (Fsp3) is 0.632. The number of thiocarbonyl (C=S) groups is 1. The standard InChI is InChI=1S/C19H30N2O3S2/c1-3-4-6-16-7-9-17(10-8-16)20-19(25)21(12-5-13-24-2)18-11-14-26(22,23)15-18/h7-10,18H,3-6,11-15H2,1-2H3,(H,20,25)/t18-/m1/s1. The second kappa shape index (κ2) is 10.2. The van der Waals surface area contributed by atoms with Crippen molar-refractivity contribution in [1.29, 1.82) is 0 Å².